The van der Waals surface area contributed by atoms with Crippen molar-refractivity contribution in [2.75, 3.05) is 25.5 Å². The summed E-state index contributed by atoms with van der Waals surface area (Å²) in [4.78, 5) is 31.7. The highest BCUT2D eigenvalue weighted by Crippen LogP contribution is 2.48. The number of likely N-dealkylation sites (tertiary alicyclic amines) is 1. The Morgan fingerprint density at radius 1 is 1.00 bits per heavy atom. The minimum atomic E-state index is -0.428. The molecule has 0 bridgehead atoms. The molecule has 2 fully saturated rings. The topological polar surface area (TPSA) is 74.4 Å². The van der Waals surface area contributed by atoms with Gasteiger partial charge in [0.15, 0.2) is 0 Å². The zero-order chi connectivity index (χ0) is 25.4. The first-order valence-electron chi connectivity index (χ1n) is 13.0. The fourth-order valence-electron chi connectivity index (χ4n) is 5.57. The van der Waals surface area contributed by atoms with Gasteiger partial charge in [0.2, 0.25) is 5.91 Å². The summed E-state index contributed by atoms with van der Waals surface area (Å²) in [5.74, 6) is -0.263. The van der Waals surface area contributed by atoms with Crippen LogP contribution in [0.4, 0.5) is 5.69 Å². The van der Waals surface area contributed by atoms with Crippen LogP contribution >= 0.6 is 0 Å². The number of methoxy groups -OCH3 is 1. The van der Waals surface area contributed by atoms with E-state index in [9.17, 15) is 9.59 Å². The minimum absolute atomic E-state index is 0.0228. The average molecular weight is 494 g/mol. The highest BCUT2D eigenvalue weighted by atomic mass is 16.5. The molecule has 6 heteroatoms. The summed E-state index contributed by atoms with van der Waals surface area (Å²) >= 11 is 0. The maximum absolute atomic E-state index is 13.0. The van der Waals surface area contributed by atoms with Crippen molar-refractivity contribution in [2.24, 2.45) is 5.92 Å². The number of H-pyrrole nitrogens is 1. The van der Waals surface area contributed by atoms with Crippen LogP contribution in [0.5, 0.6) is 0 Å². The van der Waals surface area contributed by atoms with E-state index in [1.807, 2.05) is 30.3 Å². The number of nitrogens with one attached hydrogen (secondary N) is 2. The number of esters is 1. The highest BCUT2D eigenvalue weighted by Gasteiger charge is 2.43. The van der Waals surface area contributed by atoms with Gasteiger partial charge >= 0.3 is 5.97 Å². The van der Waals surface area contributed by atoms with Crippen LogP contribution in [0, 0.1) is 5.92 Å². The van der Waals surface area contributed by atoms with Gasteiger partial charge in [-0.25, -0.2) is 4.79 Å². The number of benzene rings is 3. The SMILES string of the molecule is COC(=O)c1cc(NC(=O)C2C[C@H]2c2ccccc2)cc2[nH]c(-c3cccc(CN4CCCC4)c3)cc12. The predicted molar refractivity (Wildman–Crippen MR) is 146 cm³/mol. The fraction of sp³-hybridized carbons (Fsp3) is 0.290. The molecule has 4 aromatic rings. The summed E-state index contributed by atoms with van der Waals surface area (Å²) in [6.45, 7) is 3.25. The maximum atomic E-state index is 13.0. The Morgan fingerprint density at radius 3 is 2.59 bits per heavy atom. The lowest BCUT2D eigenvalue weighted by Crippen LogP contribution is -2.18. The first-order valence-corrected chi connectivity index (χ1v) is 13.0. The zero-order valence-corrected chi connectivity index (χ0v) is 21.0. The van der Waals surface area contributed by atoms with Crippen molar-refractivity contribution in [2.45, 2.75) is 31.7 Å². The summed E-state index contributed by atoms with van der Waals surface area (Å²) in [5, 5.41) is 3.82. The van der Waals surface area contributed by atoms with Crippen molar-refractivity contribution >= 4 is 28.5 Å². The van der Waals surface area contributed by atoms with Crippen molar-refractivity contribution in [3.63, 3.8) is 0 Å². The fourth-order valence-corrected chi connectivity index (χ4v) is 5.57. The van der Waals surface area contributed by atoms with Gasteiger partial charge in [0.1, 0.15) is 0 Å². The number of hydrogen-bond acceptors (Lipinski definition) is 4. The van der Waals surface area contributed by atoms with E-state index in [1.165, 1.54) is 31.1 Å². The molecular formula is C31H31N3O3. The molecular weight excluding hydrogens is 462 g/mol. The molecule has 0 spiro atoms. The maximum Gasteiger partial charge on any atom is 0.338 e. The molecule has 1 amide bonds. The number of amides is 1. The van der Waals surface area contributed by atoms with Gasteiger partial charge in [0.25, 0.3) is 0 Å². The standard InChI is InChI=1S/C31H31N3O3/c1-37-31(36)27-15-23(32-30(35)26-17-24(26)21-9-3-2-4-10-21)16-29-25(27)18-28(33-29)22-11-7-8-20(14-22)19-34-12-5-6-13-34/h2-4,7-11,14-16,18,24,26,33H,5-6,12-13,17,19H2,1H3,(H,32,35)/t24-,26?/m0/s1. The molecule has 6 rings (SSSR count). The molecule has 2 N–H and O–H groups in total. The van der Waals surface area contributed by atoms with Gasteiger partial charge in [-0.2, -0.15) is 0 Å². The van der Waals surface area contributed by atoms with E-state index in [-0.39, 0.29) is 17.7 Å². The normalized spacial score (nSPS) is 19.2. The van der Waals surface area contributed by atoms with Crippen molar-refractivity contribution in [1.82, 2.24) is 9.88 Å². The molecule has 1 saturated heterocycles. The van der Waals surface area contributed by atoms with Crippen LogP contribution in [0.2, 0.25) is 0 Å². The van der Waals surface area contributed by atoms with Crippen molar-refractivity contribution in [3.8, 4) is 11.3 Å². The van der Waals surface area contributed by atoms with Crippen LogP contribution in [-0.4, -0.2) is 42.0 Å². The molecule has 188 valence electrons. The summed E-state index contributed by atoms with van der Waals surface area (Å²) in [5.41, 5.74) is 6.27. The Balaban J connectivity index is 1.27. The molecule has 1 aliphatic heterocycles. The number of aromatic nitrogens is 1. The highest BCUT2D eigenvalue weighted by molar-refractivity contribution is 6.08. The van der Waals surface area contributed by atoms with E-state index in [0.717, 1.165) is 48.2 Å². The number of ether oxygens (including phenoxy) is 1. The van der Waals surface area contributed by atoms with Crippen molar-refractivity contribution < 1.29 is 14.3 Å². The Hall–Kier alpha value is -3.90. The number of rotatable bonds is 7. The monoisotopic (exact) mass is 493 g/mol. The predicted octanol–water partition coefficient (Wildman–Crippen LogP) is 5.96. The van der Waals surface area contributed by atoms with Gasteiger partial charge in [-0.15, -0.1) is 0 Å². The van der Waals surface area contributed by atoms with Crippen LogP contribution in [0.25, 0.3) is 22.2 Å². The molecule has 6 nitrogen and oxygen atoms in total. The summed E-state index contributed by atoms with van der Waals surface area (Å²) in [6, 6.07) is 24.3. The third kappa shape index (κ3) is 4.89. The molecule has 1 aliphatic carbocycles. The number of nitrogens with zero attached hydrogens (tertiary/aromatic N) is 1. The first-order chi connectivity index (χ1) is 18.1. The Kier molecular flexibility index (Phi) is 6.26. The van der Waals surface area contributed by atoms with Crippen LogP contribution < -0.4 is 5.32 Å². The Morgan fingerprint density at radius 2 is 1.81 bits per heavy atom. The second-order valence-electron chi connectivity index (χ2n) is 10.2. The molecule has 1 aromatic heterocycles. The Bertz CT molecular complexity index is 1450. The zero-order valence-electron chi connectivity index (χ0n) is 21.0. The number of carbonyl (C=O) groups is 2. The molecule has 37 heavy (non-hydrogen) atoms. The summed E-state index contributed by atoms with van der Waals surface area (Å²) in [6.07, 6.45) is 3.37. The van der Waals surface area contributed by atoms with Gasteiger partial charge in [0.05, 0.1) is 12.7 Å². The number of hydrogen-bond donors (Lipinski definition) is 2. The number of anilines is 1. The molecule has 0 radical (unpaired) electrons. The summed E-state index contributed by atoms with van der Waals surface area (Å²) < 4.78 is 5.08. The number of carbonyl (C=O) groups excluding carboxylic acids is 2. The van der Waals surface area contributed by atoms with E-state index >= 15 is 0 Å². The van der Waals surface area contributed by atoms with E-state index in [1.54, 1.807) is 6.07 Å². The molecule has 1 saturated carbocycles. The van der Waals surface area contributed by atoms with Gasteiger partial charge < -0.3 is 15.0 Å². The lowest BCUT2D eigenvalue weighted by Gasteiger charge is -2.14. The van der Waals surface area contributed by atoms with E-state index < -0.39 is 5.97 Å². The van der Waals surface area contributed by atoms with Gasteiger partial charge in [0, 0.05) is 34.7 Å². The lowest BCUT2D eigenvalue weighted by molar-refractivity contribution is -0.117. The third-order valence-corrected chi connectivity index (χ3v) is 7.61. The quantitative estimate of drug-likeness (QED) is 0.312. The third-order valence-electron chi connectivity index (χ3n) is 7.61. The van der Waals surface area contributed by atoms with E-state index in [4.69, 9.17) is 4.74 Å². The second kappa shape index (κ2) is 9.87. The van der Waals surface area contributed by atoms with Crippen LogP contribution in [0.15, 0.2) is 72.8 Å². The van der Waals surface area contributed by atoms with Gasteiger partial charge in [-0.05, 0) is 79.2 Å². The molecule has 2 aliphatic rings. The lowest BCUT2D eigenvalue weighted by atomic mass is 10.1. The summed E-state index contributed by atoms with van der Waals surface area (Å²) in [7, 11) is 1.38. The molecule has 3 aromatic carbocycles. The van der Waals surface area contributed by atoms with Crippen molar-refractivity contribution in [3.05, 3.63) is 89.5 Å². The van der Waals surface area contributed by atoms with Gasteiger partial charge in [-0.1, -0.05) is 48.5 Å². The van der Waals surface area contributed by atoms with Gasteiger partial charge in [-0.3, -0.25) is 9.69 Å². The van der Waals surface area contributed by atoms with Crippen LogP contribution in [0.1, 0.15) is 46.7 Å². The van der Waals surface area contributed by atoms with Crippen LogP contribution in [0.3, 0.4) is 0 Å². The molecule has 1 unspecified atom stereocenters. The number of aromatic amines is 1. The first kappa shape index (κ1) is 23.5. The average Bonchev–Trinajstić information content (AvgIpc) is 3.35. The molecule has 2 heterocycles. The molecule has 2 atom stereocenters. The van der Waals surface area contributed by atoms with E-state index in [2.05, 4.69) is 51.6 Å². The van der Waals surface area contributed by atoms with Crippen LogP contribution in [-0.2, 0) is 16.1 Å². The minimum Gasteiger partial charge on any atom is -0.465 e. The largest absolute Gasteiger partial charge is 0.465 e. The smallest absolute Gasteiger partial charge is 0.338 e. The second-order valence-corrected chi connectivity index (χ2v) is 10.2. The van der Waals surface area contributed by atoms with Crippen molar-refractivity contribution in [1.29, 1.82) is 0 Å². The number of fused-ring (bicyclic) bond motifs is 1. The Labute approximate surface area is 216 Å². The van der Waals surface area contributed by atoms with E-state index in [0.29, 0.717) is 11.3 Å².